The molecule has 0 bridgehead atoms. The number of hydrogen-bond acceptors (Lipinski definition) is 4. The second-order valence-electron chi connectivity index (χ2n) is 8.96. The molecular weight excluding hydrogens is 436 g/mol. The standard InChI is InChI=1S/C27H34N2O3.ClH/c1-5-32-26(30)27(20-10-7-6-8-11-20)15-14-25-23(19-27)22-18-21(31-4)12-13-24(22)29(25)17-9-16-28(2)3;/h6-8,10-13,18H,5,9,14-17,19H2,1-4H3;1H. The quantitative estimate of drug-likeness (QED) is 0.434. The van der Waals surface area contributed by atoms with E-state index in [1.165, 1.54) is 22.2 Å². The molecule has 4 rings (SSSR count). The minimum absolute atomic E-state index is 0. The number of halogens is 1. The molecule has 0 aliphatic heterocycles. The molecule has 3 aromatic rings. The molecule has 1 aliphatic rings. The lowest BCUT2D eigenvalue weighted by Gasteiger charge is -2.36. The lowest BCUT2D eigenvalue weighted by Crippen LogP contribution is -2.42. The Morgan fingerprint density at radius 3 is 2.58 bits per heavy atom. The van der Waals surface area contributed by atoms with Gasteiger partial charge in [0.2, 0.25) is 0 Å². The van der Waals surface area contributed by atoms with Gasteiger partial charge in [0.1, 0.15) is 5.75 Å². The summed E-state index contributed by atoms with van der Waals surface area (Å²) in [5.41, 5.74) is 4.22. The monoisotopic (exact) mass is 470 g/mol. The molecule has 1 heterocycles. The third-order valence-corrected chi connectivity index (χ3v) is 6.74. The highest BCUT2D eigenvalue weighted by molar-refractivity contribution is 5.91. The van der Waals surface area contributed by atoms with Gasteiger partial charge in [0.15, 0.2) is 0 Å². The maximum atomic E-state index is 13.4. The fraction of sp³-hybridized carbons (Fsp3) is 0.444. The molecule has 0 saturated heterocycles. The number of benzene rings is 2. The molecule has 0 spiro atoms. The Bertz CT molecular complexity index is 1090. The van der Waals surface area contributed by atoms with Crippen molar-refractivity contribution in [3.05, 3.63) is 65.4 Å². The van der Waals surface area contributed by atoms with Crippen LogP contribution in [-0.2, 0) is 34.3 Å². The molecule has 6 heteroatoms. The van der Waals surface area contributed by atoms with Crippen LogP contribution >= 0.6 is 12.4 Å². The first-order chi connectivity index (χ1) is 15.5. The second-order valence-corrected chi connectivity index (χ2v) is 8.96. The average Bonchev–Trinajstić information content (AvgIpc) is 3.11. The number of nitrogens with zero attached hydrogens (tertiary/aromatic N) is 2. The Morgan fingerprint density at radius 1 is 1.15 bits per heavy atom. The molecule has 0 radical (unpaired) electrons. The molecule has 178 valence electrons. The molecular formula is C27H35ClN2O3. The van der Waals surface area contributed by atoms with Crippen LogP contribution in [0.3, 0.4) is 0 Å². The van der Waals surface area contributed by atoms with Crippen LogP contribution in [0.25, 0.3) is 10.9 Å². The summed E-state index contributed by atoms with van der Waals surface area (Å²) in [6.45, 7) is 4.28. The summed E-state index contributed by atoms with van der Waals surface area (Å²) >= 11 is 0. The van der Waals surface area contributed by atoms with Gasteiger partial charge in [0.05, 0.1) is 19.1 Å². The minimum Gasteiger partial charge on any atom is -0.497 e. The molecule has 33 heavy (non-hydrogen) atoms. The van der Waals surface area contributed by atoms with Gasteiger partial charge in [-0.3, -0.25) is 4.79 Å². The van der Waals surface area contributed by atoms with Crippen molar-refractivity contribution in [3.8, 4) is 5.75 Å². The molecule has 0 saturated carbocycles. The molecule has 1 aromatic heterocycles. The number of ether oxygens (including phenoxy) is 2. The number of hydrogen-bond donors (Lipinski definition) is 0. The van der Waals surface area contributed by atoms with Gasteiger partial charge in [0.25, 0.3) is 0 Å². The molecule has 0 amide bonds. The first kappa shape index (κ1) is 25.1. The SMILES string of the molecule is CCOC(=O)C1(c2ccccc2)CCc2c(c3cc(OC)ccc3n2CCCN(C)C)C1.Cl. The first-order valence-corrected chi connectivity index (χ1v) is 11.6. The van der Waals surface area contributed by atoms with E-state index >= 15 is 0 Å². The van der Waals surface area contributed by atoms with Gasteiger partial charge in [-0.25, -0.2) is 0 Å². The number of carbonyl (C=O) groups is 1. The Hall–Kier alpha value is -2.50. The number of fused-ring (bicyclic) bond motifs is 3. The summed E-state index contributed by atoms with van der Waals surface area (Å²) in [7, 11) is 5.93. The van der Waals surface area contributed by atoms with Gasteiger partial charge in [-0.1, -0.05) is 30.3 Å². The van der Waals surface area contributed by atoms with Crippen molar-refractivity contribution in [1.82, 2.24) is 9.47 Å². The number of methoxy groups -OCH3 is 1. The number of esters is 1. The van der Waals surface area contributed by atoms with E-state index < -0.39 is 5.41 Å². The number of rotatable bonds is 8. The highest BCUT2D eigenvalue weighted by Crippen LogP contribution is 2.44. The first-order valence-electron chi connectivity index (χ1n) is 11.6. The van der Waals surface area contributed by atoms with E-state index in [1.807, 2.05) is 31.2 Å². The predicted molar refractivity (Wildman–Crippen MR) is 136 cm³/mol. The van der Waals surface area contributed by atoms with E-state index in [2.05, 4.69) is 47.8 Å². The smallest absolute Gasteiger partial charge is 0.316 e. The van der Waals surface area contributed by atoms with Crippen molar-refractivity contribution in [1.29, 1.82) is 0 Å². The zero-order chi connectivity index (χ0) is 22.7. The Kier molecular flexibility index (Phi) is 8.09. The van der Waals surface area contributed by atoms with Crippen LogP contribution in [0.1, 0.15) is 36.6 Å². The molecule has 1 aliphatic carbocycles. The molecule has 0 fully saturated rings. The van der Waals surface area contributed by atoms with E-state index in [1.54, 1.807) is 7.11 Å². The van der Waals surface area contributed by atoms with Crippen molar-refractivity contribution in [2.24, 2.45) is 0 Å². The summed E-state index contributed by atoms with van der Waals surface area (Å²) in [6.07, 6.45) is 3.33. The van der Waals surface area contributed by atoms with Crippen LogP contribution in [0.2, 0.25) is 0 Å². The molecule has 2 aromatic carbocycles. The Balaban J connectivity index is 0.00000306. The van der Waals surface area contributed by atoms with E-state index in [-0.39, 0.29) is 18.4 Å². The third-order valence-electron chi connectivity index (χ3n) is 6.74. The van der Waals surface area contributed by atoms with E-state index in [4.69, 9.17) is 9.47 Å². The molecule has 0 N–H and O–H groups in total. The summed E-state index contributed by atoms with van der Waals surface area (Å²) < 4.78 is 13.6. The normalized spacial score (nSPS) is 17.5. The summed E-state index contributed by atoms with van der Waals surface area (Å²) in [5.74, 6) is 0.728. The van der Waals surface area contributed by atoms with Crippen molar-refractivity contribution in [2.45, 2.75) is 44.6 Å². The summed E-state index contributed by atoms with van der Waals surface area (Å²) in [4.78, 5) is 15.6. The minimum atomic E-state index is -0.657. The summed E-state index contributed by atoms with van der Waals surface area (Å²) in [5, 5.41) is 1.19. The third kappa shape index (κ3) is 4.75. The predicted octanol–water partition coefficient (Wildman–Crippen LogP) is 5.01. The van der Waals surface area contributed by atoms with Gasteiger partial charge >= 0.3 is 5.97 Å². The molecule has 5 nitrogen and oxygen atoms in total. The number of aromatic nitrogens is 1. The average molecular weight is 471 g/mol. The fourth-order valence-corrected chi connectivity index (χ4v) is 5.15. The summed E-state index contributed by atoms with van der Waals surface area (Å²) in [6, 6.07) is 16.5. The van der Waals surface area contributed by atoms with E-state index in [9.17, 15) is 4.79 Å². The van der Waals surface area contributed by atoms with Gasteiger partial charge in [-0.15, -0.1) is 12.4 Å². The van der Waals surface area contributed by atoms with Crippen LogP contribution in [0.5, 0.6) is 5.75 Å². The second kappa shape index (κ2) is 10.6. The molecule has 1 unspecified atom stereocenters. The zero-order valence-corrected chi connectivity index (χ0v) is 20.9. The number of aryl methyl sites for hydroxylation is 1. The largest absolute Gasteiger partial charge is 0.497 e. The maximum Gasteiger partial charge on any atom is 0.316 e. The van der Waals surface area contributed by atoms with Gasteiger partial charge in [-0.2, -0.15) is 0 Å². The topological polar surface area (TPSA) is 43.7 Å². The highest BCUT2D eigenvalue weighted by atomic mass is 35.5. The van der Waals surface area contributed by atoms with Crippen LogP contribution in [-0.4, -0.2) is 49.8 Å². The van der Waals surface area contributed by atoms with Crippen LogP contribution in [0, 0.1) is 0 Å². The maximum absolute atomic E-state index is 13.4. The van der Waals surface area contributed by atoms with Crippen molar-refractivity contribution in [3.63, 3.8) is 0 Å². The highest BCUT2D eigenvalue weighted by Gasteiger charge is 2.45. The lowest BCUT2D eigenvalue weighted by molar-refractivity contribution is -0.150. The van der Waals surface area contributed by atoms with E-state index in [0.29, 0.717) is 13.0 Å². The van der Waals surface area contributed by atoms with Gasteiger partial charge in [-0.05, 0) is 82.6 Å². The van der Waals surface area contributed by atoms with Crippen molar-refractivity contribution < 1.29 is 14.3 Å². The van der Waals surface area contributed by atoms with Gasteiger partial charge < -0.3 is 18.9 Å². The zero-order valence-electron chi connectivity index (χ0n) is 20.1. The fourth-order valence-electron chi connectivity index (χ4n) is 5.15. The Labute approximate surface area is 203 Å². The van der Waals surface area contributed by atoms with Crippen molar-refractivity contribution >= 4 is 29.3 Å². The number of carbonyl (C=O) groups excluding carboxylic acids is 1. The van der Waals surface area contributed by atoms with E-state index in [0.717, 1.165) is 43.7 Å². The van der Waals surface area contributed by atoms with Gasteiger partial charge in [0, 0.05) is 23.1 Å². The molecule has 1 atom stereocenters. The Morgan fingerprint density at radius 2 is 1.91 bits per heavy atom. The van der Waals surface area contributed by atoms with Crippen LogP contribution in [0.15, 0.2) is 48.5 Å². The van der Waals surface area contributed by atoms with Crippen LogP contribution in [0.4, 0.5) is 0 Å². The van der Waals surface area contributed by atoms with Crippen LogP contribution < -0.4 is 4.74 Å². The van der Waals surface area contributed by atoms with Crippen molar-refractivity contribution in [2.75, 3.05) is 34.4 Å². The lowest BCUT2D eigenvalue weighted by atomic mass is 9.68.